The van der Waals surface area contributed by atoms with Crippen LogP contribution < -0.4 is 9.64 Å². The third-order valence-corrected chi connectivity index (χ3v) is 6.98. The van der Waals surface area contributed by atoms with E-state index in [1.807, 2.05) is 0 Å². The van der Waals surface area contributed by atoms with Gasteiger partial charge in [-0.25, -0.2) is 0 Å². The van der Waals surface area contributed by atoms with Crippen LogP contribution in [0.15, 0.2) is 24.3 Å². The first-order chi connectivity index (χ1) is 13.6. The largest absolute Gasteiger partial charge is 0.487 e. The fourth-order valence-corrected chi connectivity index (χ4v) is 5.26. The quantitative estimate of drug-likeness (QED) is 0.800. The van der Waals surface area contributed by atoms with Gasteiger partial charge in [0.15, 0.2) is 0 Å². The van der Waals surface area contributed by atoms with Crippen molar-refractivity contribution in [2.75, 3.05) is 38.1 Å². The number of piperidine rings is 2. The minimum absolute atomic E-state index is 0.00163. The predicted octanol–water partition coefficient (Wildman–Crippen LogP) is 2.99. The molecule has 3 aliphatic heterocycles. The molecule has 150 valence electrons. The molecule has 2 aromatic rings. The Kier molecular flexibility index (Phi) is 4.54. The molecule has 0 N–H and O–H groups in total. The lowest BCUT2D eigenvalue weighted by molar-refractivity contribution is 0.0222. The molecule has 1 aromatic heterocycles. The van der Waals surface area contributed by atoms with Crippen molar-refractivity contribution >= 4 is 5.95 Å². The van der Waals surface area contributed by atoms with Gasteiger partial charge in [0.1, 0.15) is 17.2 Å². The lowest BCUT2D eigenvalue weighted by Crippen LogP contribution is -2.50. The van der Waals surface area contributed by atoms with E-state index in [2.05, 4.69) is 62.9 Å². The number of likely N-dealkylation sites (N-methyl/N-ethyl adjacent to an activating group) is 1. The number of ether oxygens (including phenoxy) is 1. The van der Waals surface area contributed by atoms with Gasteiger partial charge in [-0.1, -0.05) is 18.2 Å². The first-order valence-corrected chi connectivity index (χ1v) is 10.7. The Morgan fingerprint density at radius 3 is 2.68 bits per heavy atom. The average molecular weight is 382 g/mol. The Morgan fingerprint density at radius 2 is 1.86 bits per heavy atom. The Bertz CT molecular complexity index is 839. The van der Waals surface area contributed by atoms with E-state index >= 15 is 0 Å². The molecule has 0 aliphatic carbocycles. The minimum Gasteiger partial charge on any atom is -0.487 e. The van der Waals surface area contributed by atoms with Gasteiger partial charge in [0.2, 0.25) is 5.95 Å². The van der Waals surface area contributed by atoms with E-state index in [1.54, 1.807) is 0 Å². The molecule has 0 radical (unpaired) electrons. The van der Waals surface area contributed by atoms with Gasteiger partial charge in [-0.05, 0) is 50.9 Å². The van der Waals surface area contributed by atoms with Gasteiger partial charge >= 0.3 is 0 Å². The summed E-state index contributed by atoms with van der Waals surface area (Å²) in [5.74, 6) is 3.75. The SMILES string of the molecule is CN1CCC[C@@H](c2nnc(N3CCC4(CCc5ccccc5O4)CC3)n2C)C1. The van der Waals surface area contributed by atoms with Crippen LogP contribution in [0.4, 0.5) is 5.95 Å². The molecule has 0 unspecified atom stereocenters. The highest BCUT2D eigenvalue weighted by Gasteiger charge is 2.40. The molecule has 0 amide bonds. The van der Waals surface area contributed by atoms with Crippen LogP contribution in [0.1, 0.15) is 49.4 Å². The number of hydrogen-bond acceptors (Lipinski definition) is 5. The highest BCUT2D eigenvalue weighted by Crippen LogP contribution is 2.40. The van der Waals surface area contributed by atoms with Crippen molar-refractivity contribution in [2.45, 2.75) is 50.0 Å². The molecule has 0 saturated carbocycles. The number of hydrogen-bond donors (Lipinski definition) is 0. The number of likely N-dealkylation sites (tertiary alicyclic amines) is 1. The molecule has 0 bridgehead atoms. The number of benzene rings is 1. The Balaban J connectivity index is 1.28. The number of para-hydroxylation sites is 1. The van der Waals surface area contributed by atoms with Crippen molar-refractivity contribution in [2.24, 2.45) is 7.05 Å². The second-order valence-corrected chi connectivity index (χ2v) is 8.90. The molecule has 28 heavy (non-hydrogen) atoms. The molecular weight excluding hydrogens is 350 g/mol. The van der Waals surface area contributed by atoms with E-state index in [4.69, 9.17) is 4.74 Å². The van der Waals surface area contributed by atoms with Crippen LogP contribution in [0.2, 0.25) is 0 Å². The zero-order valence-corrected chi connectivity index (χ0v) is 17.1. The minimum atomic E-state index is -0.00163. The summed E-state index contributed by atoms with van der Waals surface area (Å²) in [6, 6.07) is 8.51. The summed E-state index contributed by atoms with van der Waals surface area (Å²) in [7, 11) is 4.34. The van der Waals surface area contributed by atoms with Crippen LogP contribution >= 0.6 is 0 Å². The summed E-state index contributed by atoms with van der Waals surface area (Å²) in [6.07, 6.45) is 6.81. The monoisotopic (exact) mass is 381 g/mol. The molecule has 5 rings (SSSR count). The zero-order valence-electron chi connectivity index (χ0n) is 17.1. The maximum absolute atomic E-state index is 6.51. The third-order valence-electron chi connectivity index (χ3n) is 6.98. The topological polar surface area (TPSA) is 46.4 Å². The molecule has 2 fully saturated rings. The van der Waals surface area contributed by atoms with E-state index in [0.717, 1.165) is 62.8 Å². The fourth-order valence-electron chi connectivity index (χ4n) is 5.26. The normalized spacial score (nSPS) is 24.8. The number of nitrogens with zero attached hydrogens (tertiary/aromatic N) is 5. The second-order valence-electron chi connectivity index (χ2n) is 8.90. The molecule has 6 nitrogen and oxygen atoms in total. The first-order valence-electron chi connectivity index (χ1n) is 10.7. The van der Waals surface area contributed by atoms with E-state index in [-0.39, 0.29) is 5.60 Å². The molecule has 1 spiro atoms. The van der Waals surface area contributed by atoms with Crippen LogP contribution in [0.3, 0.4) is 0 Å². The summed E-state index contributed by atoms with van der Waals surface area (Å²) in [4.78, 5) is 4.81. The fraction of sp³-hybridized carbons (Fsp3) is 0.636. The van der Waals surface area contributed by atoms with Crippen LogP contribution in [0, 0.1) is 0 Å². The maximum Gasteiger partial charge on any atom is 0.226 e. The first kappa shape index (κ1) is 18.0. The smallest absolute Gasteiger partial charge is 0.226 e. The van der Waals surface area contributed by atoms with Crippen molar-refractivity contribution in [3.05, 3.63) is 35.7 Å². The van der Waals surface area contributed by atoms with Gasteiger partial charge in [0.25, 0.3) is 0 Å². The highest BCUT2D eigenvalue weighted by atomic mass is 16.5. The standard InChI is InChI=1S/C22H31N5O/c1-25-13-5-7-18(16-25)20-23-24-21(26(20)2)27-14-11-22(12-15-27)10-9-17-6-3-4-8-19(17)28-22/h3-4,6,8,18H,5,7,9-16H2,1-2H3/t18-/m1/s1. The van der Waals surface area contributed by atoms with Gasteiger partial charge in [0.05, 0.1) is 0 Å². The van der Waals surface area contributed by atoms with Crippen LogP contribution in [-0.2, 0) is 13.5 Å². The number of aryl methyl sites for hydroxylation is 1. The van der Waals surface area contributed by atoms with E-state index < -0.39 is 0 Å². The molecule has 2 saturated heterocycles. The third kappa shape index (κ3) is 3.17. The number of anilines is 1. The zero-order chi connectivity index (χ0) is 19.1. The van der Waals surface area contributed by atoms with Gasteiger partial charge in [-0.3, -0.25) is 0 Å². The Labute approximate surface area is 167 Å². The van der Waals surface area contributed by atoms with Crippen molar-refractivity contribution in [1.29, 1.82) is 0 Å². The molecule has 3 aliphatic rings. The number of aromatic nitrogens is 3. The molecule has 4 heterocycles. The van der Waals surface area contributed by atoms with E-state index in [9.17, 15) is 0 Å². The summed E-state index contributed by atoms with van der Waals surface area (Å²) in [6.45, 7) is 4.25. The van der Waals surface area contributed by atoms with Crippen LogP contribution in [0.5, 0.6) is 5.75 Å². The van der Waals surface area contributed by atoms with Crippen LogP contribution in [-0.4, -0.2) is 58.5 Å². The lowest BCUT2D eigenvalue weighted by atomic mass is 9.83. The van der Waals surface area contributed by atoms with Crippen molar-refractivity contribution in [1.82, 2.24) is 19.7 Å². The number of rotatable bonds is 2. The molecular formula is C22H31N5O. The average Bonchev–Trinajstić information content (AvgIpc) is 3.10. The van der Waals surface area contributed by atoms with Crippen molar-refractivity contribution < 1.29 is 4.74 Å². The van der Waals surface area contributed by atoms with E-state index in [0.29, 0.717) is 5.92 Å². The van der Waals surface area contributed by atoms with Gasteiger partial charge < -0.3 is 19.1 Å². The van der Waals surface area contributed by atoms with Gasteiger partial charge in [-0.2, -0.15) is 0 Å². The predicted molar refractivity (Wildman–Crippen MR) is 110 cm³/mol. The van der Waals surface area contributed by atoms with Crippen molar-refractivity contribution in [3.8, 4) is 5.75 Å². The van der Waals surface area contributed by atoms with Crippen molar-refractivity contribution in [3.63, 3.8) is 0 Å². The molecule has 1 aromatic carbocycles. The van der Waals surface area contributed by atoms with Gasteiger partial charge in [-0.15, -0.1) is 10.2 Å². The Morgan fingerprint density at radius 1 is 1.04 bits per heavy atom. The van der Waals surface area contributed by atoms with Crippen LogP contribution in [0.25, 0.3) is 0 Å². The maximum atomic E-state index is 6.51. The summed E-state index contributed by atoms with van der Waals surface area (Å²) < 4.78 is 8.75. The summed E-state index contributed by atoms with van der Waals surface area (Å²) in [5.41, 5.74) is 1.35. The van der Waals surface area contributed by atoms with E-state index in [1.165, 1.54) is 24.9 Å². The molecule has 6 heteroatoms. The van der Waals surface area contributed by atoms with Gasteiger partial charge in [0, 0.05) is 45.4 Å². The summed E-state index contributed by atoms with van der Waals surface area (Å²) >= 11 is 0. The number of fused-ring (bicyclic) bond motifs is 1. The molecule has 1 atom stereocenters. The Hall–Kier alpha value is -2.08. The second kappa shape index (κ2) is 7.07. The summed E-state index contributed by atoms with van der Waals surface area (Å²) in [5, 5.41) is 9.18. The lowest BCUT2D eigenvalue weighted by Gasteiger charge is -2.44. The highest BCUT2D eigenvalue weighted by molar-refractivity contribution is 5.38.